The van der Waals surface area contributed by atoms with E-state index in [-0.39, 0.29) is 48.6 Å². The van der Waals surface area contributed by atoms with Crippen LogP contribution in [-0.2, 0) is 14.8 Å². The number of hydrogen-bond donors (Lipinski definition) is 3. The summed E-state index contributed by atoms with van der Waals surface area (Å²) in [6, 6.07) is -0.390. The Labute approximate surface area is 116 Å². The van der Waals surface area contributed by atoms with E-state index in [2.05, 4.69) is 10.0 Å². The van der Waals surface area contributed by atoms with Gasteiger partial charge in [0.05, 0.1) is 5.75 Å². The number of rotatable bonds is 7. The Kier molecular flexibility index (Phi) is 9.63. The SMILES string of the molecule is CC(C)NS(=O)(=O)CCNC(=O)C(C)C(C)N.Cl. The molecule has 0 spiro atoms. The number of nitrogens with one attached hydrogen (secondary N) is 2. The Morgan fingerprint density at radius 3 is 2.11 bits per heavy atom. The molecule has 2 atom stereocenters. The highest BCUT2D eigenvalue weighted by molar-refractivity contribution is 7.89. The molecule has 1 amide bonds. The molecule has 4 N–H and O–H groups in total. The van der Waals surface area contributed by atoms with Crippen LogP contribution >= 0.6 is 12.4 Å². The maximum absolute atomic E-state index is 11.5. The van der Waals surface area contributed by atoms with Gasteiger partial charge in [-0.2, -0.15) is 0 Å². The smallest absolute Gasteiger partial charge is 0.224 e. The quantitative estimate of drug-likeness (QED) is 0.608. The summed E-state index contributed by atoms with van der Waals surface area (Å²) in [5, 5.41) is 2.56. The molecule has 0 aliphatic rings. The third kappa shape index (κ3) is 8.68. The van der Waals surface area contributed by atoms with Gasteiger partial charge in [0.15, 0.2) is 0 Å². The predicted molar refractivity (Wildman–Crippen MR) is 75.1 cm³/mol. The summed E-state index contributed by atoms with van der Waals surface area (Å²) in [6.07, 6.45) is 0. The van der Waals surface area contributed by atoms with Gasteiger partial charge in [0.25, 0.3) is 0 Å². The maximum Gasteiger partial charge on any atom is 0.224 e. The lowest BCUT2D eigenvalue weighted by Crippen LogP contribution is -2.42. The molecule has 0 heterocycles. The summed E-state index contributed by atoms with van der Waals surface area (Å²) < 4.78 is 25.3. The van der Waals surface area contributed by atoms with E-state index in [0.717, 1.165) is 0 Å². The molecular formula is C10H24ClN3O3S. The largest absolute Gasteiger partial charge is 0.355 e. The summed E-state index contributed by atoms with van der Waals surface area (Å²) in [7, 11) is -3.32. The van der Waals surface area contributed by atoms with Crippen LogP contribution in [0, 0.1) is 5.92 Å². The van der Waals surface area contributed by atoms with Gasteiger partial charge < -0.3 is 11.1 Å². The molecular weight excluding hydrogens is 278 g/mol. The molecule has 0 aromatic rings. The first-order chi connectivity index (χ1) is 7.65. The number of hydrogen-bond acceptors (Lipinski definition) is 4. The molecule has 8 heteroatoms. The van der Waals surface area contributed by atoms with Crippen LogP contribution in [0.5, 0.6) is 0 Å². The Bertz CT molecular complexity index is 344. The zero-order valence-electron chi connectivity index (χ0n) is 11.3. The molecule has 0 aromatic carbocycles. The summed E-state index contributed by atoms with van der Waals surface area (Å²) in [5.41, 5.74) is 5.57. The molecule has 0 radical (unpaired) electrons. The number of amides is 1. The van der Waals surface area contributed by atoms with Crippen molar-refractivity contribution in [3.63, 3.8) is 0 Å². The molecule has 0 bridgehead atoms. The standard InChI is InChI=1S/C10H23N3O3S.ClH/c1-7(2)13-17(15,16)6-5-12-10(14)8(3)9(4)11;/h7-9,13H,5-6,11H2,1-4H3,(H,12,14);1H. The molecule has 0 fully saturated rings. The fraction of sp³-hybridized carbons (Fsp3) is 0.900. The average Bonchev–Trinajstić information content (AvgIpc) is 2.13. The van der Waals surface area contributed by atoms with Gasteiger partial charge in [-0.3, -0.25) is 4.79 Å². The third-order valence-corrected chi connectivity index (χ3v) is 3.86. The van der Waals surface area contributed by atoms with Crippen LogP contribution in [0.25, 0.3) is 0 Å². The van der Waals surface area contributed by atoms with Crippen molar-refractivity contribution in [2.75, 3.05) is 12.3 Å². The summed E-state index contributed by atoms with van der Waals surface area (Å²) in [5.74, 6) is -0.668. The lowest BCUT2D eigenvalue weighted by Gasteiger charge is -2.15. The first-order valence-electron chi connectivity index (χ1n) is 5.69. The Morgan fingerprint density at radius 2 is 1.72 bits per heavy atom. The van der Waals surface area contributed by atoms with Crippen LogP contribution < -0.4 is 15.8 Å². The van der Waals surface area contributed by atoms with Crippen molar-refractivity contribution in [1.29, 1.82) is 0 Å². The Morgan fingerprint density at radius 1 is 1.22 bits per heavy atom. The third-order valence-electron chi connectivity index (χ3n) is 2.29. The first kappa shape index (κ1) is 20.0. The van der Waals surface area contributed by atoms with Gasteiger partial charge in [0.1, 0.15) is 0 Å². The average molecular weight is 302 g/mol. The van der Waals surface area contributed by atoms with E-state index in [0.29, 0.717) is 0 Å². The number of nitrogens with two attached hydrogens (primary N) is 1. The molecule has 0 saturated carbocycles. The van der Waals surface area contributed by atoms with Crippen molar-refractivity contribution in [1.82, 2.24) is 10.0 Å². The highest BCUT2D eigenvalue weighted by Crippen LogP contribution is 1.98. The Balaban J connectivity index is 0. The van der Waals surface area contributed by atoms with Gasteiger partial charge in [-0.1, -0.05) is 6.92 Å². The number of sulfonamides is 1. The lowest BCUT2D eigenvalue weighted by molar-refractivity contribution is -0.124. The maximum atomic E-state index is 11.5. The molecule has 6 nitrogen and oxygen atoms in total. The summed E-state index contributed by atoms with van der Waals surface area (Å²) >= 11 is 0. The van der Waals surface area contributed by atoms with E-state index in [9.17, 15) is 13.2 Å². The topological polar surface area (TPSA) is 101 Å². The predicted octanol–water partition coefficient (Wildman–Crippen LogP) is -0.164. The molecule has 0 aliphatic heterocycles. The van der Waals surface area contributed by atoms with E-state index >= 15 is 0 Å². The number of carbonyl (C=O) groups excluding carboxylic acids is 1. The lowest BCUT2D eigenvalue weighted by atomic mass is 10.0. The molecule has 0 aromatic heterocycles. The molecule has 0 saturated heterocycles. The van der Waals surface area contributed by atoms with E-state index < -0.39 is 10.0 Å². The monoisotopic (exact) mass is 301 g/mol. The second kappa shape index (κ2) is 8.68. The minimum absolute atomic E-state index is 0. The van der Waals surface area contributed by atoms with E-state index in [1.54, 1.807) is 27.7 Å². The second-order valence-corrected chi connectivity index (χ2v) is 6.40. The molecule has 110 valence electrons. The number of halogens is 1. The molecule has 18 heavy (non-hydrogen) atoms. The minimum atomic E-state index is -3.32. The van der Waals surface area contributed by atoms with Crippen molar-refractivity contribution < 1.29 is 13.2 Å². The highest BCUT2D eigenvalue weighted by Gasteiger charge is 2.18. The first-order valence-corrected chi connectivity index (χ1v) is 7.34. The van der Waals surface area contributed by atoms with Gasteiger partial charge in [-0.15, -0.1) is 12.4 Å². The van der Waals surface area contributed by atoms with Crippen LogP contribution in [0.15, 0.2) is 0 Å². The van der Waals surface area contributed by atoms with Gasteiger partial charge in [-0.25, -0.2) is 13.1 Å². The fourth-order valence-electron chi connectivity index (χ4n) is 1.13. The summed E-state index contributed by atoms with van der Waals surface area (Å²) in [4.78, 5) is 11.5. The van der Waals surface area contributed by atoms with Crippen LogP contribution in [-0.4, -0.2) is 38.7 Å². The second-order valence-electron chi connectivity index (χ2n) is 4.53. The van der Waals surface area contributed by atoms with Gasteiger partial charge in [0.2, 0.25) is 15.9 Å². The van der Waals surface area contributed by atoms with Crippen LogP contribution in [0.3, 0.4) is 0 Å². The number of carbonyl (C=O) groups is 1. The van der Waals surface area contributed by atoms with Crippen LogP contribution in [0.1, 0.15) is 27.7 Å². The van der Waals surface area contributed by atoms with Crippen molar-refractivity contribution >= 4 is 28.3 Å². The minimum Gasteiger partial charge on any atom is -0.355 e. The summed E-state index contributed by atoms with van der Waals surface area (Å²) in [6.45, 7) is 7.03. The molecule has 0 aliphatic carbocycles. The van der Waals surface area contributed by atoms with Gasteiger partial charge >= 0.3 is 0 Å². The zero-order chi connectivity index (χ0) is 13.6. The molecule has 2 unspecified atom stereocenters. The van der Waals surface area contributed by atoms with Crippen LogP contribution in [0.2, 0.25) is 0 Å². The van der Waals surface area contributed by atoms with E-state index in [4.69, 9.17) is 5.73 Å². The van der Waals surface area contributed by atoms with Gasteiger partial charge in [-0.05, 0) is 20.8 Å². The van der Waals surface area contributed by atoms with E-state index in [1.807, 2.05) is 0 Å². The highest BCUT2D eigenvalue weighted by atomic mass is 35.5. The van der Waals surface area contributed by atoms with Crippen molar-refractivity contribution in [2.45, 2.75) is 39.8 Å². The van der Waals surface area contributed by atoms with Crippen LogP contribution in [0.4, 0.5) is 0 Å². The van der Waals surface area contributed by atoms with Gasteiger partial charge in [0, 0.05) is 24.5 Å². The normalized spacial score (nSPS) is 14.8. The molecule has 0 rings (SSSR count). The van der Waals surface area contributed by atoms with E-state index in [1.165, 1.54) is 0 Å². The van der Waals surface area contributed by atoms with Crippen molar-refractivity contribution in [2.24, 2.45) is 11.7 Å². The Hall–Kier alpha value is -0.370. The van der Waals surface area contributed by atoms with Crippen molar-refractivity contribution in [3.8, 4) is 0 Å². The zero-order valence-corrected chi connectivity index (χ0v) is 12.9. The van der Waals surface area contributed by atoms with Crippen molar-refractivity contribution in [3.05, 3.63) is 0 Å². The fourth-order valence-corrected chi connectivity index (χ4v) is 2.33.